The fraction of sp³-hybridized carbons (Fsp3) is 0.406. The highest BCUT2D eigenvalue weighted by Crippen LogP contribution is 2.44. The molecule has 4 aromatic rings. The van der Waals surface area contributed by atoms with Gasteiger partial charge in [-0.3, -0.25) is 14.4 Å². The van der Waals surface area contributed by atoms with E-state index in [-0.39, 0.29) is 58.7 Å². The van der Waals surface area contributed by atoms with Crippen molar-refractivity contribution >= 4 is 60.6 Å². The van der Waals surface area contributed by atoms with Crippen LogP contribution in [0.5, 0.6) is 23.0 Å². The van der Waals surface area contributed by atoms with Crippen LogP contribution in [0, 0.1) is 29.4 Å². The number of aliphatic carboxylic acids is 2. The van der Waals surface area contributed by atoms with Crippen molar-refractivity contribution in [1.29, 1.82) is 0 Å². The summed E-state index contributed by atoms with van der Waals surface area (Å²) in [7, 11) is 2.78. The number of hydrogen-bond donors (Lipinski definition) is 2. The quantitative estimate of drug-likeness (QED) is 0.100. The number of carbonyl (C=O) groups is 3. The van der Waals surface area contributed by atoms with Gasteiger partial charge in [0.1, 0.15) is 0 Å². The monoisotopic (exact) mass is 662 g/mol. The third-order valence-corrected chi connectivity index (χ3v) is 10.3. The Bertz CT molecular complexity index is 1760. The van der Waals surface area contributed by atoms with Crippen molar-refractivity contribution in [2.75, 3.05) is 27.4 Å². The Balaban J connectivity index is 1.24. The number of ether oxygens (including phenoxy) is 4. The third kappa shape index (κ3) is 6.55. The number of methoxy groups -OCH3 is 2. The molecule has 240 valence electrons. The second-order valence-corrected chi connectivity index (χ2v) is 13.2. The van der Waals surface area contributed by atoms with Gasteiger partial charge >= 0.3 is 11.9 Å². The van der Waals surface area contributed by atoms with Gasteiger partial charge < -0.3 is 29.2 Å². The van der Waals surface area contributed by atoms with E-state index in [1.54, 1.807) is 25.1 Å². The normalized spacial score (nSPS) is 16.7. The van der Waals surface area contributed by atoms with Crippen molar-refractivity contribution < 1.29 is 52.3 Å². The Morgan fingerprint density at radius 3 is 1.93 bits per heavy atom. The molecule has 0 amide bonds. The number of carbonyl (C=O) groups excluding carboxylic acids is 1. The van der Waals surface area contributed by atoms with Crippen LogP contribution in [-0.4, -0.2) is 55.4 Å². The van der Waals surface area contributed by atoms with Crippen molar-refractivity contribution in [2.45, 2.75) is 39.0 Å². The Morgan fingerprint density at radius 2 is 1.42 bits per heavy atom. The topological polar surface area (TPSA) is 129 Å². The van der Waals surface area contributed by atoms with Crippen molar-refractivity contribution in [3.05, 3.63) is 45.7 Å². The van der Waals surface area contributed by atoms with E-state index >= 15 is 8.78 Å². The van der Waals surface area contributed by atoms with E-state index in [4.69, 9.17) is 24.1 Å². The molecule has 0 saturated heterocycles. The van der Waals surface area contributed by atoms with Crippen molar-refractivity contribution in [2.24, 2.45) is 17.8 Å². The van der Waals surface area contributed by atoms with E-state index in [1.165, 1.54) is 31.6 Å². The average molecular weight is 663 g/mol. The minimum Gasteiger partial charge on any atom is -0.493 e. The standard InChI is InChI=1S/C32H32F2O9S2/c1-15(31(36)37)5-6-16-11-19-23(44-16)13-21(40-2)29(26(19)33)42-9-4-10-43-30-22(41-3)14-24-20(27(30)34)12-25(45-24)28(35)17-7-8-18(17)32(38)39/h11-15,17-18H,4-10H2,1-3H3,(H,36,37)(H,38,39)/t15?,17-,18-/m1/s1. The van der Waals surface area contributed by atoms with E-state index in [1.807, 2.05) is 0 Å². The highest BCUT2D eigenvalue weighted by molar-refractivity contribution is 7.21. The molecular formula is C32H32F2O9S2. The van der Waals surface area contributed by atoms with Gasteiger partial charge in [0.15, 0.2) is 40.4 Å². The van der Waals surface area contributed by atoms with E-state index < -0.39 is 41.3 Å². The van der Waals surface area contributed by atoms with Crippen molar-refractivity contribution in [3.8, 4) is 23.0 Å². The van der Waals surface area contributed by atoms with Gasteiger partial charge in [-0.25, -0.2) is 8.78 Å². The molecule has 5 rings (SSSR count). The number of benzene rings is 2. The van der Waals surface area contributed by atoms with Crippen LogP contribution >= 0.6 is 22.7 Å². The molecule has 1 unspecified atom stereocenters. The van der Waals surface area contributed by atoms with Gasteiger partial charge in [0.25, 0.3) is 0 Å². The highest BCUT2D eigenvalue weighted by atomic mass is 32.1. The van der Waals surface area contributed by atoms with Gasteiger partial charge in [-0.15, -0.1) is 22.7 Å². The number of hydrogen-bond acceptors (Lipinski definition) is 9. The highest BCUT2D eigenvalue weighted by Gasteiger charge is 2.42. The number of carboxylic acids is 2. The fourth-order valence-corrected chi connectivity index (χ4v) is 7.44. The van der Waals surface area contributed by atoms with E-state index in [0.717, 1.165) is 16.2 Å². The molecule has 1 saturated carbocycles. The molecule has 2 aromatic carbocycles. The summed E-state index contributed by atoms with van der Waals surface area (Å²) in [5.74, 6) is -5.17. The Hall–Kier alpha value is -3.97. The fourth-order valence-electron chi connectivity index (χ4n) is 5.25. The molecule has 2 heterocycles. The number of Topliss-reactive ketones (excluding diaryl/α,β-unsaturated/α-hetero) is 1. The largest absolute Gasteiger partial charge is 0.493 e. The number of fused-ring (bicyclic) bond motifs is 2. The zero-order valence-corrected chi connectivity index (χ0v) is 26.4. The summed E-state index contributed by atoms with van der Waals surface area (Å²) in [6.07, 6.45) is 2.12. The smallest absolute Gasteiger partial charge is 0.307 e. The molecule has 0 radical (unpaired) electrons. The van der Waals surface area contributed by atoms with Crippen molar-refractivity contribution in [1.82, 2.24) is 0 Å². The molecule has 0 aliphatic heterocycles. The lowest BCUT2D eigenvalue weighted by molar-refractivity contribution is -0.146. The van der Waals surface area contributed by atoms with Crippen LogP contribution in [0.15, 0.2) is 24.3 Å². The van der Waals surface area contributed by atoms with Gasteiger partial charge in [0.05, 0.1) is 44.1 Å². The van der Waals surface area contributed by atoms with Crippen LogP contribution in [0.2, 0.25) is 0 Å². The average Bonchev–Trinajstić information content (AvgIpc) is 3.61. The first-order valence-electron chi connectivity index (χ1n) is 14.4. The molecule has 1 aliphatic rings. The molecule has 45 heavy (non-hydrogen) atoms. The van der Waals surface area contributed by atoms with Crippen LogP contribution in [0.1, 0.15) is 47.2 Å². The number of aryl methyl sites for hydroxylation is 1. The van der Waals surface area contributed by atoms with Gasteiger partial charge in [-0.05, 0) is 37.8 Å². The maximum Gasteiger partial charge on any atom is 0.307 e. The Kier molecular flexibility index (Phi) is 9.78. The zero-order chi connectivity index (χ0) is 32.4. The lowest BCUT2D eigenvalue weighted by atomic mass is 9.71. The zero-order valence-electron chi connectivity index (χ0n) is 24.8. The molecular weight excluding hydrogens is 630 g/mol. The lowest BCUT2D eigenvalue weighted by Gasteiger charge is -2.31. The molecule has 0 bridgehead atoms. The predicted octanol–water partition coefficient (Wildman–Crippen LogP) is 7.21. The molecule has 9 nitrogen and oxygen atoms in total. The summed E-state index contributed by atoms with van der Waals surface area (Å²) in [5, 5.41) is 19.0. The van der Waals surface area contributed by atoms with E-state index in [9.17, 15) is 19.5 Å². The molecule has 2 N–H and O–H groups in total. The van der Waals surface area contributed by atoms with Crippen LogP contribution in [0.25, 0.3) is 20.2 Å². The summed E-state index contributed by atoms with van der Waals surface area (Å²) in [4.78, 5) is 36.6. The van der Waals surface area contributed by atoms with Gasteiger partial charge in [0, 0.05) is 49.5 Å². The summed E-state index contributed by atoms with van der Waals surface area (Å²) in [6.45, 7) is 1.67. The van der Waals surface area contributed by atoms with Crippen molar-refractivity contribution in [3.63, 3.8) is 0 Å². The maximum absolute atomic E-state index is 15.6. The minimum absolute atomic E-state index is 0.00756. The molecule has 1 fully saturated rings. The van der Waals surface area contributed by atoms with Crippen LogP contribution in [-0.2, 0) is 16.0 Å². The first-order chi connectivity index (χ1) is 21.5. The second kappa shape index (κ2) is 13.6. The third-order valence-electron chi connectivity index (χ3n) is 8.05. The van der Waals surface area contributed by atoms with Crippen LogP contribution in [0.3, 0.4) is 0 Å². The number of rotatable bonds is 15. The number of halogens is 2. The number of carboxylic acid groups (broad SMARTS) is 2. The van der Waals surface area contributed by atoms with Gasteiger partial charge in [-0.2, -0.15) is 0 Å². The molecule has 13 heteroatoms. The number of ketones is 1. The molecule has 0 spiro atoms. The summed E-state index contributed by atoms with van der Waals surface area (Å²) in [5.41, 5.74) is 0. The summed E-state index contributed by atoms with van der Waals surface area (Å²) < 4.78 is 54.4. The SMILES string of the molecule is COc1cc2sc(CCC(C)C(=O)O)cc2c(F)c1OCCCOc1c(OC)cc2sc(C(=O)[C@@H]3CC[C@H]3C(=O)O)cc2c1F. The van der Waals surface area contributed by atoms with E-state index in [0.29, 0.717) is 40.5 Å². The maximum atomic E-state index is 15.6. The minimum atomic E-state index is -1.00. The predicted molar refractivity (Wildman–Crippen MR) is 166 cm³/mol. The first kappa shape index (κ1) is 32.4. The molecule has 2 aromatic heterocycles. The van der Waals surface area contributed by atoms with Gasteiger partial charge in [-0.1, -0.05) is 6.92 Å². The number of thiophene rings is 2. The molecule has 1 aliphatic carbocycles. The second-order valence-electron chi connectivity index (χ2n) is 10.9. The van der Waals surface area contributed by atoms with Crippen LogP contribution < -0.4 is 18.9 Å². The Labute approximate surface area is 265 Å². The summed E-state index contributed by atoms with van der Waals surface area (Å²) >= 11 is 2.45. The first-order valence-corrected chi connectivity index (χ1v) is 16.0. The van der Waals surface area contributed by atoms with E-state index in [2.05, 4.69) is 0 Å². The lowest BCUT2D eigenvalue weighted by Crippen LogP contribution is -2.37. The summed E-state index contributed by atoms with van der Waals surface area (Å²) in [6, 6.07) is 6.39. The Morgan fingerprint density at radius 1 is 0.867 bits per heavy atom. The van der Waals surface area contributed by atoms with Crippen LogP contribution in [0.4, 0.5) is 8.78 Å². The molecule has 3 atom stereocenters. The van der Waals surface area contributed by atoms with Gasteiger partial charge in [0.2, 0.25) is 0 Å².